The Morgan fingerprint density at radius 3 is 2.25 bits per heavy atom. The van der Waals surface area contributed by atoms with E-state index >= 15 is 0 Å². The summed E-state index contributed by atoms with van der Waals surface area (Å²) in [5, 5.41) is 6.61. The van der Waals surface area contributed by atoms with E-state index in [9.17, 15) is 9.59 Å². The molecule has 0 N–H and O–H groups in total. The van der Waals surface area contributed by atoms with E-state index in [-0.39, 0.29) is 24.6 Å². The Hall–Kier alpha value is -2.94. The van der Waals surface area contributed by atoms with Gasteiger partial charge in [0, 0.05) is 12.0 Å². The van der Waals surface area contributed by atoms with Crippen LogP contribution in [0.25, 0.3) is 32.3 Å². The predicted molar refractivity (Wildman–Crippen MR) is 95.7 cm³/mol. The molecule has 24 heavy (non-hydrogen) atoms. The molecule has 0 saturated heterocycles. The smallest absolute Gasteiger partial charge is 0.305 e. The molecule has 0 aromatic heterocycles. The summed E-state index contributed by atoms with van der Waals surface area (Å²) in [5.74, 6) is -0.389. The summed E-state index contributed by atoms with van der Waals surface area (Å²) in [6.07, 6.45) is 0.265. The van der Waals surface area contributed by atoms with Gasteiger partial charge >= 0.3 is 5.97 Å². The Bertz CT molecular complexity index is 1080. The van der Waals surface area contributed by atoms with E-state index in [1.807, 2.05) is 30.3 Å². The number of benzene rings is 4. The molecular weight excluding hydrogens is 300 g/mol. The first-order valence-electron chi connectivity index (χ1n) is 7.95. The fourth-order valence-corrected chi connectivity index (χ4v) is 3.44. The summed E-state index contributed by atoms with van der Waals surface area (Å²) in [5.41, 5.74) is 0.677. The standard InChI is InChI=1S/C21H16O3/c1-24-19(23)11-10-18(22)17-12-15-6-2-4-13-8-9-14-5-3-7-16(17)21(14)20(13)15/h2-9,12H,10-11H2,1H3. The minimum absolute atomic E-state index is 0.0283. The van der Waals surface area contributed by atoms with Gasteiger partial charge in [-0.1, -0.05) is 48.5 Å². The molecular formula is C21H16O3. The summed E-state index contributed by atoms with van der Waals surface area (Å²) in [4.78, 5) is 24.1. The Morgan fingerprint density at radius 1 is 0.833 bits per heavy atom. The number of rotatable bonds is 4. The number of carbonyl (C=O) groups excluding carboxylic acids is 2. The van der Waals surface area contributed by atoms with Crippen molar-refractivity contribution in [3.63, 3.8) is 0 Å². The van der Waals surface area contributed by atoms with Crippen molar-refractivity contribution in [2.24, 2.45) is 0 Å². The molecule has 0 bridgehead atoms. The van der Waals surface area contributed by atoms with Gasteiger partial charge in [-0.3, -0.25) is 9.59 Å². The summed E-state index contributed by atoms with van der Waals surface area (Å²) >= 11 is 0. The minimum Gasteiger partial charge on any atom is -0.469 e. The second-order valence-electron chi connectivity index (χ2n) is 5.97. The lowest BCUT2D eigenvalue weighted by molar-refractivity contribution is -0.140. The van der Waals surface area contributed by atoms with Crippen molar-refractivity contribution in [3.8, 4) is 0 Å². The van der Waals surface area contributed by atoms with Gasteiger partial charge in [-0.05, 0) is 38.4 Å². The van der Waals surface area contributed by atoms with Crippen LogP contribution in [0.4, 0.5) is 0 Å². The van der Waals surface area contributed by atoms with Gasteiger partial charge in [-0.15, -0.1) is 0 Å². The molecule has 0 spiro atoms. The van der Waals surface area contributed by atoms with Crippen LogP contribution in [-0.4, -0.2) is 18.9 Å². The second-order valence-corrected chi connectivity index (χ2v) is 5.97. The molecule has 4 aromatic rings. The number of hydrogen-bond donors (Lipinski definition) is 0. The molecule has 0 saturated carbocycles. The van der Waals surface area contributed by atoms with Gasteiger partial charge in [-0.25, -0.2) is 0 Å². The van der Waals surface area contributed by atoms with Gasteiger partial charge in [0.1, 0.15) is 0 Å². The number of ether oxygens (including phenoxy) is 1. The van der Waals surface area contributed by atoms with Crippen LogP contribution in [0, 0.1) is 0 Å². The molecule has 0 atom stereocenters. The summed E-state index contributed by atoms with van der Waals surface area (Å²) in [6.45, 7) is 0. The van der Waals surface area contributed by atoms with Crippen LogP contribution in [-0.2, 0) is 9.53 Å². The van der Waals surface area contributed by atoms with E-state index in [1.165, 1.54) is 17.9 Å². The fourth-order valence-electron chi connectivity index (χ4n) is 3.44. The first kappa shape index (κ1) is 14.6. The highest BCUT2D eigenvalue weighted by atomic mass is 16.5. The largest absolute Gasteiger partial charge is 0.469 e. The monoisotopic (exact) mass is 316 g/mol. The Labute approximate surface area is 139 Å². The number of carbonyl (C=O) groups is 2. The van der Waals surface area contributed by atoms with E-state index in [1.54, 1.807) is 0 Å². The molecule has 0 fully saturated rings. The SMILES string of the molecule is COC(=O)CCC(=O)c1cc2cccc3ccc4cccc1c4c32. The minimum atomic E-state index is -0.361. The highest BCUT2D eigenvalue weighted by Gasteiger charge is 2.16. The zero-order valence-electron chi connectivity index (χ0n) is 13.3. The van der Waals surface area contributed by atoms with Crippen molar-refractivity contribution in [3.05, 3.63) is 60.2 Å². The highest BCUT2D eigenvalue weighted by Crippen LogP contribution is 2.36. The van der Waals surface area contributed by atoms with Crippen LogP contribution in [0.1, 0.15) is 23.2 Å². The molecule has 0 aliphatic carbocycles. The normalized spacial score (nSPS) is 11.4. The number of esters is 1. The summed E-state index contributed by atoms with van der Waals surface area (Å²) in [7, 11) is 1.34. The number of ketones is 1. The number of Topliss-reactive ketones (excluding diaryl/α,β-unsaturated/α-hetero) is 1. The van der Waals surface area contributed by atoms with Crippen molar-refractivity contribution in [2.45, 2.75) is 12.8 Å². The van der Waals surface area contributed by atoms with Gasteiger partial charge in [-0.2, -0.15) is 0 Å². The predicted octanol–water partition coefficient (Wildman–Crippen LogP) is 4.72. The maximum atomic E-state index is 12.7. The third-order valence-electron chi connectivity index (χ3n) is 4.59. The fraction of sp³-hybridized carbons (Fsp3) is 0.143. The van der Waals surface area contributed by atoms with Gasteiger partial charge in [0.25, 0.3) is 0 Å². The quantitative estimate of drug-likeness (QED) is 0.311. The molecule has 3 nitrogen and oxygen atoms in total. The van der Waals surface area contributed by atoms with Crippen LogP contribution in [0.5, 0.6) is 0 Å². The lowest BCUT2D eigenvalue weighted by Gasteiger charge is -2.14. The van der Waals surface area contributed by atoms with Crippen LogP contribution >= 0.6 is 0 Å². The molecule has 0 aliphatic heterocycles. The zero-order valence-corrected chi connectivity index (χ0v) is 13.3. The third kappa shape index (κ3) is 2.21. The lowest BCUT2D eigenvalue weighted by atomic mass is 9.89. The average Bonchev–Trinajstić information content (AvgIpc) is 2.63. The van der Waals surface area contributed by atoms with Gasteiger partial charge < -0.3 is 4.74 Å². The third-order valence-corrected chi connectivity index (χ3v) is 4.59. The van der Waals surface area contributed by atoms with Crippen LogP contribution < -0.4 is 0 Å². The van der Waals surface area contributed by atoms with E-state index in [4.69, 9.17) is 0 Å². The molecule has 0 heterocycles. The van der Waals surface area contributed by atoms with Crippen molar-refractivity contribution < 1.29 is 14.3 Å². The molecule has 118 valence electrons. The van der Waals surface area contributed by atoms with Gasteiger partial charge in [0.2, 0.25) is 0 Å². The highest BCUT2D eigenvalue weighted by molar-refractivity contribution is 6.27. The van der Waals surface area contributed by atoms with Crippen LogP contribution in [0.3, 0.4) is 0 Å². The molecule has 0 radical (unpaired) electrons. The first-order chi connectivity index (χ1) is 11.7. The first-order valence-corrected chi connectivity index (χ1v) is 7.95. The van der Waals surface area contributed by atoms with Gasteiger partial charge in [0.05, 0.1) is 13.5 Å². The second kappa shape index (κ2) is 5.60. The van der Waals surface area contributed by atoms with Crippen molar-refractivity contribution >= 4 is 44.1 Å². The lowest BCUT2D eigenvalue weighted by Crippen LogP contribution is -2.06. The summed E-state index contributed by atoms with van der Waals surface area (Å²) in [6, 6.07) is 18.3. The number of methoxy groups -OCH3 is 1. The topological polar surface area (TPSA) is 43.4 Å². The van der Waals surface area contributed by atoms with Crippen LogP contribution in [0.2, 0.25) is 0 Å². The number of hydrogen-bond acceptors (Lipinski definition) is 3. The Morgan fingerprint density at radius 2 is 1.50 bits per heavy atom. The van der Waals surface area contributed by atoms with E-state index in [0.29, 0.717) is 5.56 Å². The maximum Gasteiger partial charge on any atom is 0.305 e. The molecule has 4 aromatic carbocycles. The molecule has 0 amide bonds. The molecule has 0 aliphatic rings. The van der Waals surface area contributed by atoms with E-state index in [2.05, 4.69) is 29.0 Å². The summed E-state index contributed by atoms with van der Waals surface area (Å²) < 4.78 is 4.64. The van der Waals surface area contributed by atoms with Crippen LogP contribution in [0.15, 0.2) is 54.6 Å². The van der Waals surface area contributed by atoms with Crippen molar-refractivity contribution in [2.75, 3.05) is 7.11 Å². The average molecular weight is 316 g/mol. The molecule has 4 rings (SSSR count). The van der Waals surface area contributed by atoms with E-state index < -0.39 is 0 Å². The Balaban J connectivity index is 1.95. The van der Waals surface area contributed by atoms with Gasteiger partial charge in [0.15, 0.2) is 5.78 Å². The van der Waals surface area contributed by atoms with E-state index in [0.717, 1.165) is 21.5 Å². The zero-order chi connectivity index (χ0) is 16.7. The van der Waals surface area contributed by atoms with Crippen molar-refractivity contribution in [1.29, 1.82) is 0 Å². The van der Waals surface area contributed by atoms with Crippen molar-refractivity contribution in [1.82, 2.24) is 0 Å². The molecule has 0 unspecified atom stereocenters. The maximum absolute atomic E-state index is 12.7. The Kier molecular flexibility index (Phi) is 3.42. The molecule has 3 heteroatoms.